The summed E-state index contributed by atoms with van der Waals surface area (Å²) in [6.45, 7) is 7.80. The van der Waals surface area contributed by atoms with Crippen LogP contribution in [0.2, 0.25) is 0 Å². The van der Waals surface area contributed by atoms with Gasteiger partial charge in [-0.2, -0.15) is 11.8 Å². The smallest absolute Gasteiger partial charge is 0.0496 e. The van der Waals surface area contributed by atoms with Crippen molar-refractivity contribution in [2.45, 2.75) is 57.7 Å². The van der Waals surface area contributed by atoms with Gasteiger partial charge in [-0.3, -0.25) is 0 Å². The standard InChI is InChI=1S/C13H27NOS/c1-4-13(3,10-15)9-14-11-6-7-12(8-11)16-5-2/h11-12,14-15H,4-10H2,1-3H3. The van der Waals surface area contributed by atoms with Crippen LogP contribution in [0.4, 0.5) is 0 Å². The largest absolute Gasteiger partial charge is 0.396 e. The van der Waals surface area contributed by atoms with Crippen molar-refractivity contribution in [1.82, 2.24) is 5.32 Å². The normalized spacial score (nSPS) is 29.2. The Bertz CT molecular complexity index is 194. The second-order valence-electron chi connectivity index (χ2n) is 5.29. The number of hydrogen-bond donors (Lipinski definition) is 2. The third-order valence-corrected chi connectivity index (χ3v) is 5.07. The molecule has 2 nitrogen and oxygen atoms in total. The summed E-state index contributed by atoms with van der Waals surface area (Å²) in [6, 6.07) is 0.682. The molecule has 0 aromatic rings. The van der Waals surface area contributed by atoms with Gasteiger partial charge in [0, 0.05) is 29.9 Å². The van der Waals surface area contributed by atoms with Crippen molar-refractivity contribution in [1.29, 1.82) is 0 Å². The summed E-state index contributed by atoms with van der Waals surface area (Å²) in [5.74, 6) is 1.24. The van der Waals surface area contributed by atoms with E-state index in [4.69, 9.17) is 0 Å². The molecule has 16 heavy (non-hydrogen) atoms. The van der Waals surface area contributed by atoms with Gasteiger partial charge in [0.25, 0.3) is 0 Å². The van der Waals surface area contributed by atoms with Gasteiger partial charge in [0.1, 0.15) is 0 Å². The summed E-state index contributed by atoms with van der Waals surface area (Å²) >= 11 is 2.10. The number of hydrogen-bond acceptors (Lipinski definition) is 3. The zero-order valence-corrected chi connectivity index (χ0v) is 11.8. The van der Waals surface area contributed by atoms with E-state index in [1.807, 2.05) is 0 Å². The van der Waals surface area contributed by atoms with E-state index in [-0.39, 0.29) is 12.0 Å². The molecule has 0 aromatic heterocycles. The third-order valence-electron chi connectivity index (χ3n) is 3.84. The number of aliphatic hydroxyl groups excluding tert-OH is 1. The first-order valence-electron chi connectivity index (χ1n) is 6.59. The molecular formula is C13H27NOS. The fourth-order valence-corrected chi connectivity index (χ4v) is 3.34. The highest BCUT2D eigenvalue weighted by Gasteiger charge is 2.27. The van der Waals surface area contributed by atoms with Crippen molar-refractivity contribution < 1.29 is 5.11 Å². The molecule has 0 aromatic carbocycles. The Hall–Kier alpha value is 0.270. The molecule has 3 unspecified atom stereocenters. The lowest BCUT2D eigenvalue weighted by Crippen LogP contribution is -2.39. The lowest BCUT2D eigenvalue weighted by Gasteiger charge is -2.28. The minimum atomic E-state index is 0.0655. The van der Waals surface area contributed by atoms with Crippen molar-refractivity contribution in [3.8, 4) is 0 Å². The summed E-state index contributed by atoms with van der Waals surface area (Å²) in [5.41, 5.74) is 0.0655. The SMILES string of the molecule is CCSC1CCC(NCC(C)(CC)CO)C1. The number of thioether (sulfide) groups is 1. The van der Waals surface area contributed by atoms with Crippen molar-refractivity contribution in [2.24, 2.45) is 5.41 Å². The van der Waals surface area contributed by atoms with E-state index in [0.717, 1.165) is 18.2 Å². The first kappa shape index (κ1) is 14.3. The molecule has 0 saturated heterocycles. The van der Waals surface area contributed by atoms with E-state index in [9.17, 15) is 5.11 Å². The molecule has 1 fully saturated rings. The second-order valence-corrected chi connectivity index (χ2v) is 6.87. The number of nitrogens with one attached hydrogen (secondary N) is 1. The summed E-state index contributed by atoms with van der Waals surface area (Å²) in [7, 11) is 0. The zero-order valence-electron chi connectivity index (χ0n) is 11.0. The van der Waals surface area contributed by atoms with Gasteiger partial charge in [0.05, 0.1) is 0 Å². The summed E-state index contributed by atoms with van der Waals surface area (Å²) < 4.78 is 0. The summed E-state index contributed by atoms with van der Waals surface area (Å²) in [5, 5.41) is 13.9. The van der Waals surface area contributed by atoms with Gasteiger partial charge in [-0.1, -0.05) is 20.8 Å². The van der Waals surface area contributed by atoms with E-state index in [1.54, 1.807) is 0 Å². The average molecular weight is 245 g/mol. The molecule has 0 amide bonds. The van der Waals surface area contributed by atoms with E-state index >= 15 is 0 Å². The Morgan fingerprint density at radius 3 is 2.69 bits per heavy atom. The fourth-order valence-electron chi connectivity index (χ4n) is 2.20. The molecule has 3 heteroatoms. The first-order valence-corrected chi connectivity index (χ1v) is 7.64. The average Bonchev–Trinajstić information content (AvgIpc) is 2.74. The van der Waals surface area contributed by atoms with E-state index in [0.29, 0.717) is 6.04 Å². The van der Waals surface area contributed by atoms with Crippen LogP contribution in [0.25, 0.3) is 0 Å². The van der Waals surface area contributed by atoms with Crippen LogP contribution in [0.15, 0.2) is 0 Å². The molecule has 0 aliphatic heterocycles. The molecule has 1 aliphatic carbocycles. The lowest BCUT2D eigenvalue weighted by molar-refractivity contribution is 0.132. The Kier molecular flexibility index (Phi) is 6.16. The fraction of sp³-hybridized carbons (Fsp3) is 1.00. The Morgan fingerprint density at radius 1 is 1.38 bits per heavy atom. The van der Waals surface area contributed by atoms with Gasteiger partial charge in [0.2, 0.25) is 0 Å². The summed E-state index contributed by atoms with van der Waals surface area (Å²) in [6.07, 6.45) is 5.01. The van der Waals surface area contributed by atoms with E-state index < -0.39 is 0 Å². The Labute approximate surface area is 105 Å². The maximum absolute atomic E-state index is 9.35. The molecule has 1 saturated carbocycles. The van der Waals surface area contributed by atoms with E-state index in [1.165, 1.54) is 25.0 Å². The molecule has 1 rings (SSSR count). The highest BCUT2D eigenvalue weighted by Crippen LogP contribution is 2.30. The van der Waals surface area contributed by atoms with Crippen molar-refractivity contribution in [3.05, 3.63) is 0 Å². The van der Waals surface area contributed by atoms with Gasteiger partial charge in [-0.15, -0.1) is 0 Å². The highest BCUT2D eigenvalue weighted by molar-refractivity contribution is 7.99. The van der Waals surface area contributed by atoms with Gasteiger partial charge >= 0.3 is 0 Å². The zero-order chi connectivity index (χ0) is 12.0. The van der Waals surface area contributed by atoms with Gasteiger partial charge in [-0.05, 0) is 31.4 Å². The van der Waals surface area contributed by atoms with Gasteiger partial charge < -0.3 is 10.4 Å². The molecule has 96 valence electrons. The third kappa shape index (κ3) is 4.27. The van der Waals surface area contributed by atoms with Crippen LogP contribution in [0.5, 0.6) is 0 Å². The molecule has 2 N–H and O–H groups in total. The molecule has 3 atom stereocenters. The van der Waals surface area contributed by atoms with Crippen LogP contribution >= 0.6 is 11.8 Å². The Morgan fingerprint density at radius 2 is 2.12 bits per heavy atom. The van der Waals surface area contributed by atoms with Crippen molar-refractivity contribution >= 4 is 11.8 Å². The topological polar surface area (TPSA) is 32.3 Å². The van der Waals surface area contributed by atoms with Crippen LogP contribution < -0.4 is 5.32 Å². The monoisotopic (exact) mass is 245 g/mol. The predicted octanol–water partition coefficient (Wildman–Crippen LogP) is 2.66. The quantitative estimate of drug-likeness (QED) is 0.723. The van der Waals surface area contributed by atoms with Gasteiger partial charge in [0.15, 0.2) is 0 Å². The molecule has 1 aliphatic rings. The van der Waals surface area contributed by atoms with Crippen LogP contribution in [-0.2, 0) is 0 Å². The van der Waals surface area contributed by atoms with Crippen LogP contribution in [0, 0.1) is 5.41 Å². The molecular weight excluding hydrogens is 218 g/mol. The number of rotatable bonds is 7. The van der Waals surface area contributed by atoms with Crippen LogP contribution in [0.3, 0.4) is 0 Å². The molecule has 0 spiro atoms. The maximum Gasteiger partial charge on any atom is 0.0496 e. The Balaban J connectivity index is 2.24. The highest BCUT2D eigenvalue weighted by atomic mass is 32.2. The van der Waals surface area contributed by atoms with E-state index in [2.05, 4.69) is 37.8 Å². The van der Waals surface area contributed by atoms with Crippen LogP contribution in [-0.4, -0.2) is 35.3 Å². The molecule has 0 radical (unpaired) electrons. The predicted molar refractivity (Wildman–Crippen MR) is 73.0 cm³/mol. The first-order chi connectivity index (χ1) is 7.63. The summed E-state index contributed by atoms with van der Waals surface area (Å²) in [4.78, 5) is 0. The lowest BCUT2D eigenvalue weighted by atomic mass is 9.88. The van der Waals surface area contributed by atoms with Crippen molar-refractivity contribution in [2.75, 3.05) is 18.9 Å². The van der Waals surface area contributed by atoms with Crippen LogP contribution in [0.1, 0.15) is 46.5 Å². The number of aliphatic hydroxyl groups is 1. The maximum atomic E-state index is 9.35. The molecule has 0 heterocycles. The second kappa shape index (κ2) is 6.87. The minimum absolute atomic E-state index is 0.0655. The minimum Gasteiger partial charge on any atom is -0.396 e. The van der Waals surface area contributed by atoms with Crippen molar-refractivity contribution in [3.63, 3.8) is 0 Å². The van der Waals surface area contributed by atoms with Gasteiger partial charge in [-0.25, -0.2) is 0 Å². The molecule has 0 bridgehead atoms.